The Morgan fingerprint density at radius 3 is 3.05 bits per heavy atom. The zero-order valence-corrected chi connectivity index (χ0v) is 11.9. The number of hydrogen-bond acceptors (Lipinski definition) is 4. The number of nitrogens with zero attached hydrogens (tertiary/aromatic N) is 4. The van der Waals surface area contributed by atoms with E-state index in [0.29, 0.717) is 12.4 Å². The van der Waals surface area contributed by atoms with Gasteiger partial charge >= 0.3 is 0 Å². The van der Waals surface area contributed by atoms with Gasteiger partial charge in [-0.1, -0.05) is 13.0 Å². The van der Waals surface area contributed by atoms with Gasteiger partial charge in [0.05, 0.1) is 16.7 Å². The van der Waals surface area contributed by atoms with E-state index in [1.807, 2.05) is 37.4 Å². The zero-order chi connectivity index (χ0) is 15.1. The molecular formula is C15H14N6O. The SMILES string of the molecule is CC1CC(=O)NN=C1c1ccc2[nH]c(-n3cccn3)nc2c1. The van der Waals surface area contributed by atoms with Crippen LogP contribution in [0.4, 0.5) is 0 Å². The number of benzene rings is 1. The molecule has 1 amide bonds. The van der Waals surface area contributed by atoms with E-state index in [-0.39, 0.29) is 11.8 Å². The summed E-state index contributed by atoms with van der Waals surface area (Å²) in [6, 6.07) is 7.78. The summed E-state index contributed by atoms with van der Waals surface area (Å²) in [5.74, 6) is 0.720. The number of rotatable bonds is 2. The molecule has 0 spiro atoms. The molecule has 0 saturated heterocycles. The first-order valence-electron chi connectivity index (χ1n) is 7.07. The van der Waals surface area contributed by atoms with Crippen LogP contribution in [0.1, 0.15) is 18.9 Å². The average molecular weight is 294 g/mol. The summed E-state index contributed by atoms with van der Waals surface area (Å²) in [7, 11) is 0. The maximum absolute atomic E-state index is 11.4. The van der Waals surface area contributed by atoms with Gasteiger partial charge in [-0.25, -0.2) is 15.1 Å². The van der Waals surface area contributed by atoms with Crippen molar-refractivity contribution in [3.05, 3.63) is 42.2 Å². The number of amides is 1. The molecule has 1 aromatic carbocycles. The number of fused-ring (bicyclic) bond motifs is 1. The zero-order valence-electron chi connectivity index (χ0n) is 11.9. The predicted molar refractivity (Wildman–Crippen MR) is 81.7 cm³/mol. The number of imidazole rings is 1. The van der Waals surface area contributed by atoms with E-state index in [1.54, 1.807) is 10.9 Å². The van der Waals surface area contributed by atoms with Crippen molar-refractivity contribution >= 4 is 22.7 Å². The van der Waals surface area contributed by atoms with Crippen LogP contribution in [0.5, 0.6) is 0 Å². The molecule has 2 aromatic heterocycles. The van der Waals surface area contributed by atoms with E-state index in [9.17, 15) is 4.79 Å². The second-order valence-corrected chi connectivity index (χ2v) is 5.38. The molecule has 1 atom stereocenters. The molecule has 22 heavy (non-hydrogen) atoms. The molecule has 0 aliphatic carbocycles. The third-order valence-corrected chi connectivity index (χ3v) is 3.75. The maximum Gasteiger partial charge on any atom is 0.240 e. The number of aromatic amines is 1. The second-order valence-electron chi connectivity index (χ2n) is 5.38. The lowest BCUT2D eigenvalue weighted by Crippen LogP contribution is -2.31. The van der Waals surface area contributed by atoms with Crippen LogP contribution in [-0.4, -0.2) is 31.4 Å². The lowest BCUT2D eigenvalue weighted by atomic mass is 9.94. The molecule has 2 N–H and O–H groups in total. The molecule has 7 heteroatoms. The third kappa shape index (κ3) is 2.07. The topological polar surface area (TPSA) is 88.0 Å². The molecule has 4 rings (SSSR count). The van der Waals surface area contributed by atoms with Crippen LogP contribution < -0.4 is 5.43 Å². The highest BCUT2D eigenvalue weighted by Crippen LogP contribution is 2.21. The second kappa shape index (κ2) is 4.80. The lowest BCUT2D eigenvalue weighted by molar-refractivity contribution is -0.121. The normalized spacial score (nSPS) is 18.3. The average Bonchev–Trinajstić information content (AvgIpc) is 3.15. The molecule has 3 aromatic rings. The number of hydrazone groups is 1. The highest BCUT2D eigenvalue weighted by atomic mass is 16.2. The molecule has 7 nitrogen and oxygen atoms in total. The van der Waals surface area contributed by atoms with Gasteiger partial charge < -0.3 is 4.98 Å². The van der Waals surface area contributed by atoms with Gasteiger partial charge in [0.15, 0.2) is 0 Å². The van der Waals surface area contributed by atoms with E-state index >= 15 is 0 Å². The number of carbonyl (C=O) groups excluding carboxylic acids is 1. The lowest BCUT2D eigenvalue weighted by Gasteiger charge is -2.18. The van der Waals surface area contributed by atoms with E-state index in [2.05, 4.69) is 25.6 Å². The van der Waals surface area contributed by atoms with Crippen LogP contribution in [0.3, 0.4) is 0 Å². The number of carbonyl (C=O) groups is 1. The van der Waals surface area contributed by atoms with Crippen LogP contribution in [0, 0.1) is 5.92 Å². The molecule has 1 aliphatic heterocycles. The van der Waals surface area contributed by atoms with E-state index in [1.165, 1.54) is 0 Å². The molecular weight excluding hydrogens is 280 g/mol. The van der Waals surface area contributed by atoms with E-state index < -0.39 is 0 Å². The highest BCUT2D eigenvalue weighted by Gasteiger charge is 2.22. The predicted octanol–water partition coefficient (Wildman–Crippen LogP) is 1.61. The quantitative estimate of drug-likeness (QED) is 0.752. The minimum atomic E-state index is -0.0435. The summed E-state index contributed by atoms with van der Waals surface area (Å²) in [6.45, 7) is 2.00. The van der Waals surface area contributed by atoms with Crippen molar-refractivity contribution in [1.29, 1.82) is 0 Å². The third-order valence-electron chi connectivity index (χ3n) is 3.75. The minimum absolute atomic E-state index is 0.0435. The van der Waals surface area contributed by atoms with Gasteiger partial charge in [0.1, 0.15) is 0 Å². The van der Waals surface area contributed by atoms with Gasteiger partial charge in [-0.3, -0.25) is 4.79 Å². The Hall–Kier alpha value is -2.96. The maximum atomic E-state index is 11.4. The fraction of sp³-hybridized carbons (Fsp3) is 0.200. The number of aromatic nitrogens is 4. The van der Waals surface area contributed by atoms with Crippen molar-refractivity contribution in [3.63, 3.8) is 0 Å². The summed E-state index contributed by atoms with van der Waals surface area (Å²) in [4.78, 5) is 19.1. The minimum Gasteiger partial charge on any atom is -0.322 e. The Kier molecular flexibility index (Phi) is 2.78. The summed E-state index contributed by atoms with van der Waals surface area (Å²) >= 11 is 0. The highest BCUT2D eigenvalue weighted by molar-refractivity contribution is 6.07. The summed E-state index contributed by atoms with van der Waals surface area (Å²) in [6.07, 6.45) is 4.00. The van der Waals surface area contributed by atoms with Gasteiger partial charge in [-0.2, -0.15) is 10.2 Å². The smallest absolute Gasteiger partial charge is 0.240 e. The molecule has 0 bridgehead atoms. The molecule has 1 unspecified atom stereocenters. The van der Waals surface area contributed by atoms with Crippen LogP contribution in [-0.2, 0) is 4.79 Å². The Morgan fingerprint density at radius 1 is 1.36 bits per heavy atom. The van der Waals surface area contributed by atoms with Crippen LogP contribution in [0.25, 0.3) is 17.0 Å². The number of nitrogens with one attached hydrogen (secondary N) is 2. The molecule has 0 saturated carbocycles. The summed E-state index contributed by atoms with van der Waals surface area (Å²) in [5.41, 5.74) is 6.17. The van der Waals surface area contributed by atoms with Gasteiger partial charge in [0, 0.05) is 30.3 Å². The first-order valence-corrected chi connectivity index (χ1v) is 7.07. The fourth-order valence-electron chi connectivity index (χ4n) is 2.66. The van der Waals surface area contributed by atoms with Gasteiger partial charge in [-0.05, 0) is 18.2 Å². The van der Waals surface area contributed by atoms with Crippen molar-refractivity contribution in [2.45, 2.75) is 13.3 Å². The molecule has 0 radical (unpaired) electrons. The number of H-pyrrole nitrogens is 1. The van der Waals surface area contributed by atoms with Gasteiger partial charge in [0.2, 0.25) is 11.9 Å². The Balaban J connectivity index is 1.76. The van der Waals surface area contributed by atoms with Crippen LogP contribution in [0.2, 0.25) is 0 Å². The van der Waals surface area contributed by atoms with Crippen molar-refractivity contribution in [2.24, 2.45) is 11.0 Å². The van der Waals surface area contributed by atoms with E-state index in [0.717, 1.165) is 22.3 Å². The van der Waals surface area contributed by atoms with E-state index in [4.69, 9.17) is 0 Å². The molecule has 0 fully saturated rings. The largest absolute Gasteiger partial charge is 0.322 e. The van der Waals surface area contributed by atoms with Gasteiger partial charge in [0.25, 0.3) is 0 Å². The summed E-state index contributed by atoms with van der Waals surface area (Å²) in [5, 5.41) is 8.35. The summed E-state index contributed by atoms with van der Waals surface area (Å²) < 4.78 is 1.68. The van der Waals surface area contributed by atoms with Crippen LogP contribution in [0.15, 0.2) is 41.8 Å². The number of hydrogen-bond donors (Lipinski definition) is 2. The fourth-order valence-corrected chi connectivity index (χ4v) is 2.66. The van der Waals surface area contributed by atoms with Crippen molar-refractivity contribution < 1.29 is 4.79 Å². The first kappa shape index (κ1) is 12.8. The monoisotopic (exact) mass is 294 g/mol. The Morgan fingerprint density at radius 2 is 2.27 bits per heavy atom. The first-order chi connectivity index (χ1) is 10.7. The van der Waals surface area contributed by atoms with Crippen molar-refractivity contribution in [1.82, 2.24) is 25.2 Å². The molecule has 1 aliphatic rings. The van der Waals surface area contributed by atoms with Crippen LogP contribution >= 0.6 is 0 Å². The van der Waals surface area contributed by atoms with Crippen molar-refractivity contribution in [2.75, 3.05) is 0 Å². The Labute approximate surface area is 126 Å². The molecule has 110 valence electrons. The standard InChI is InChI=1S/C15H14N6O/c1-9-7-13(22)19-20-14(9)10-3-4-11-12(8-10)18-15(17-11)21-6-2-5-16-21/h2-6,8-9H,7H2,1H3,(H,17,18)(H,19,22). The van der Waals surface area contributed by atoms with Crippen molar-refractivity contribution in [3.8, 4) is 5.95 Å². The Bertz CT molecular complexity index is 877. The van der Waals surface area contributed by atoms with Gasteiger partial charge in [-0.15, -0.1) is 0 Å². The molecule has 3 heterocycles.